The summed E-state index contributed by atoms with van der Waals surface area (Å²) in [7, 11) is 2.92. The van der Waals surface area contributed by atoms with Gasteiger partial charge in [-0.25, -0.2) is 0 Å². The van der Waals surface area contributed by atoms with Gasteiger partial charge in [-0.1, -0.05) is 10.8 Å². The van der Waals surface area contributed by atoms with Gasteiger partial charge in [-0.2, -0.15) is 0 Å². The number of hydrogen-bond donors (Lipinski definition) is 2. The maximum atomic E-state index is 8.61. The van der Waals surface area contributed by atoms with Crippen LogP contribution in [-0.4, -0.2) is 25.4 Å². The first kappa shape index (κ1) is 11.6. The smallest absolute Gasteiger partial charge is 0.161 e. The molecule has 5 heteroatoms. The summed E-state index contributed by atoms with van der Waals surface area (Å²) in [6.07, 6.45) is 0. The fourth-order valence-corrected chi connectivity index (χ4v) is 1.61. The van der Waals surface area contributed by atoms with Crippen LogP contribution in [0.2, 0.25) is 0 Å². The first-order valence-electron chi connectivity index (χ1n) is 4.05. The van der Waals surface area contributed by atoms with Gasteiger partial charge in [0.1, 0.15) is 6.61 Å². The van der Waals surface area contributed by atoms with Gasteiger partial charge in [-0.05, 0) is 18.2 Å². The zero-order valence-corrected chi connectivity index (χ0v) is 9.48. The molecule has 0 amide bonds. The molecule has 0 bridgehead atoms. The van der Waals surface area contributed by atoms with Gasteiger partial charge in [0, 0.05) is 4.90 Å². The summed E-state index contributed by atoms with van der Waals surface area (Å²) in [5.41, 5.74) is 0. The van der Waals surface area contributed by atoms with Crippen LogP contribution in [0.3, 0.4) is 0 Å². The highest BCUT2D eigenvalue weighted by atomic mass is 33.1. The number of aliphatic hydroxyl groups is 1. The second kappa shape index (κ2) is 6.06. The number of thiol groups is 1. The zero-order valence-electron chi connectivity index (χ0n) is 7.77. The van der Waals surface area contributed by atoms with E-state index in [1.807, 2.05) is 12.1 Å². The fraction of sp³-hybridized carbons (Fsp3) is 0.333. The van der Waals surface area contributed by atoms with Crippen LogP contribution in [0.25, 0.3) is 0 Å². The quantitative estimate of drug-likeness (QED) is 0.601. The van der Waals surface area contributed by atoms with Crippen LogP contribution in [0.1, 0.15) is 0 Å². The lowest BCUT2D eigenvalue weighted by Gasteiger charge is -2.10. The van der Waals surface area contributed by atoms with Crippen LogP contribution in [0.4, 0.5) is 0 Å². The molecule has 0 saturated carbocycles. The average Bonchev–Trinajstić information content (AvgIpc) is 2.26. The Labute approximate surface area is 92.2 Å². The summed E-state index contributed by atoms with van der Waals surface area (Å²) in [5.74, 6) is 1.28. The molecule has 1 N–H and O–H groups in total. The van der Waals surface area contributed by atoms with Crippen molar-refractivity contribution in [2.75, 3.05) is 20.3 Å². The van der Waals surface area contributed by atoms with E-state index in [0.717, 1.165) is 4.90 Å². The van der Waals surface area contributed by atoms with Gasteiger partial charge in [0.15, 0.2) is 11.5 Å². The monoisotopic (exact) mass is 232 g/mol. The number of methoxy groups -OCH3 is 1. The summed E-state index contributed by atoms with van der Waals surface area (Å²) in [6.45, 7) is 0.260. The summed E-state index contributed by atoms with van der Waals surface area (Å²) in [4.78, 5) is 0.988. The molecule has 0 spiro atoms. The minimum Gasteiger partial charge on any atom is -0.493 e. The number of aliphatic hydroxyl groups excluding tert-OH is 1. The Hall–Kier alpha value is -0.520. The van der Waals surface area contributed by atoms with Gasteiger partial charge in [-0.15, -0.1) is 11.7 Å². The SMILES string of the molecule is COc1cc(SS)ccc1OCCO. The molecule has 0 fully saturated rings. The Kier molecular flexibility index (Phi) is 5.00. The van der Waals surface area contributed by atoms with Gasteiger partial charge in [0.05, 0.1) is 13.7 Å². The van der Waals surface area contributed by atoms with E-state index in [9.17, 15) is 0 Å². The largest absolute Gasteiger partial charge is 0.493 e. The van der Waals surface area contributed by atoms with E-state index in [1.54, 1.807) is 13.2 Å². The molecule has 0 aliphatic carbocycles. The lowest BCUT2D eigenvalue weighted by molar-refractivity contribution is 0.196. The molecule has 78 valence electrons. The summed E-state index contributed by atoms with van der Waals surface area (Å²) < 4.78 is 10.4. The Balaban J connectivity index is 2.82. The van der Waals surface area contributed by atoms with Crippen LogP contribution < -0.4 is 9.47 Å². The Morgan fingerprint density at radius 3 is 2.79 bits per heavy atom. The molecule has 14 heavy (non-hydrogen) atoms. The summed E-state index contributed by atoms with van der Waals surface area (Å²) in [5, 5.41) is 8.61. The highest BCUT2D eigenvalue weighted by Crippen LogP contribution is 2.33. The second-order valence-corrected chi connectivity index (χ2v) is 3.68. The van der Waals surface area contributed by atoms with E-state index in [2.05, 4.69) is 11.7 Å². The molecule has 1 rings (SSSR count). The van der Waals surface area contributed by atoms with E-state index < -0.39 is 0 Å². The molecule has 0 heterocycles. The zero-order chi connectivity index (χ0) is 10.4. The molecule has 0 atom stereocenters. The Morgan fingerprint density at radius 1 is 1.43 bits per heavy atom. The molecule has 1 aromatic carbocycles. The van der Waals surface area contributed by atoms with Crippen molar-refractivity contribution in [2.45, 2.75) is 4.90 Å². The van der Waals surface area contributed by atoms with Crippen LogP contribution in [0.15, 0.2) is 23.1 Å². The Bertz CT molecular complexity index is 291. The molecule has 0 unspecified atom stereocenters. The fourth-order valence-electron chi connectivity index (χ4n) is 0.980. The van der Waals surface area contributed by atoms with Crippen molar-refractivity contribution in [3.63, 3.8) is 0 Å². The highest BCUT2D eigenvalue weighted by Gasteiger charge is 2.04. The van der Waals surface area contributed by atoms with Crippen molar-refractivity contribution >= 4 is 22.5 Å². The molecule has 0 aliphatic heterocycles. The van der Waals surface area contributed by atoms with Gasteiger partial charge in [0.2, 0.25) is 0 Å². The molecule has 0 aromatic heterocycles. The maximum Gasteiger partial charge on any atom is 0.161 e. The first-order chi connectivity index (χ1) is 6.81. The van der Waals surface area contributed by atoms with Crippen molar-refractivity contribution < 1.29 is 14.6 Å². The minimum atomic E-state index is -0.00771. The average molecular weight is 232 g/mol. The number of ether oxygens (including phenoxy) is 2. The van der Waals surface area contributed by atoms with E-state index in [1.165, 1.54) is 10.8 Å². The normalized spacial score (nSPS) is 9.93. The number of hydrogen-bond acceptors (Lipinski definition) is 5. The topological polar surface area (TPSA) is 38.7 Å². The standard InChI is InChI=1S/C9H12O3S2/c1-11-9-6-7(14-13)2-3-8(9)12-5-4-10/h2-3,6,10,13H,4-5H2,1H3. The third kappa shape index (κ3) is 3.01. The van der Waals surface area contributed by atoms with Gasteiger partial charge in [0.25, 0.3) is 0 Å². The van der Waals surface area contributed by atoms with Crippen LogP contribution in [0, 0.1) is 0 Å². The maximum absolute atomic E-state index is 8.61. The molecule has 0 saturated heterocycles. The highest BCUT2D eigenvalue weighted by molar-refractivity contribution is 8.68. The first-order valence-corrected chi connectivity index (χ1v) is 5.91. The Morgan fingerprint density at radius 2 is 2.21 bits per heavy atom. The summed E-state index contributed by atoms with van der Waals surface area (Å²) in [6, 6.07) is 5.52. The van der Waals surface area contributed by atoms with Crippen molar-refractivity contribution in [3.8, 4) is 11.5 Å². The molecule has 1 aromatic rings. The van der Waals surface area contributed by atoms with E-state index in [-0.39, 0.29) is 13.2 Å². The second-order valence-electron chi connectivity index (χ2n) is 2.48. The number of rotatable bonds is 5. The summed E-state index contributed by atoms with van der Waals surface area (Å²) >= 11 is 4.08. The van der Waals surface area contributed by atoms with E-state index in [4.69, 9.17) is 14.6 Å². The van der Waals surface area contributed by atoms with Crippen LogP contribution in [0.5, 0.6) is 11.5 Å². The van der Waals surface area contributed by atoms with E-state index in [0.29, 0.717) is 11.5 Å². The molecular weight excluding hydrogens is 220 g/mol. The molecule has 3 nitrogen and oxygen atoms in total. The van der Waals surface area contributed by atoms with Crippen LogP contribution in [-0.2, 0) is 0 Å². The van der Waals surface area contributed by atoms with Crippen molar-refractivity contribution in [1.29, 1.82) is 0 Å². The molecule has 0 radical (unpaired) electrons. The van der Waals surface area contributed by atoms with Crippen LogP contribution >= 0.6 is 22.5 Å². The predicted molar refractivity (Wildman–Crippen MR) is 60.4 cm³/mol. The van der Waals surface area contributed by atoms with Gasteiger partial charge >= 0.3 is 0 Å². The third-order valence-electron chi connectivity index (χ3n) is 1.59. The van der Waals surface area contributed by atoms with Gasteiger partial charge in [-0.3, -0.25) is 0 Å². The minimum absolute atomic E-state index is 0.00771. The van der Waals surface area contributed by atoms with Crippen molar-refractivity contribution in [3.05, 3.63) is 18.2 Å². The van der Waals surface area contributed by atoms with Gasteiger partial charge < -0.3 is 14.6 Å². The molecule has 0 aliphatic rings. The lowest BCUT2D eigenvalue weighted by Crippen LogP contribution is -2.02. The predicted octanol–water partition coefficient (Wildman–Crippen LogP) is 2.00. The third-order valence-corrected chi connectivity index (χ3v) is 2.69. The lowest BCUT2D eigenvalue weighted by atomic mass is 10.3. The van der Waals surface area contributed by atoms with Crippen molar-refractivity contribution in [2.24, 2.45) is 0 Å². The number of benzene rings is 1. The molecular formula is C9H12O3S2. The van der Waals surface area contributed by atoms with Crippen molar-refractivity contribution in [1.82, 2.24) is 0 Å². The van der Waals surface area contributed by atoms with E-state index >= 15 is 0 Å².